The lowest BCUT2D eigenvalue weighted by atomic mass is 10.00. The number of imidazole rings is 1. The van der Waals surface area contributed by atoms with E-state index < -0.39 is 0 Å². The van der Waals surface area contributed by atoms with E-state index in [1.165, 1.54) is 0 Å². The predicted molar refractivity (Wildman–Crippen MR) is 81.6 cm³/mol. The molecule has 0 aromatic carbocycles. The Morgan fingerprint density at radius 2 is 2.20 bits per heavy atom. The Kier molecular flexibility index (Phi) is 4.13. The molecule has 1 aliphatic heterocycles. The number of nitrogens with zero attached hydrogens (tertiary/aromatic N) is 3. The van der Waals surface area contributed by atoms with Crippen LogP contribution in [0, 0.1) is 5.92 Å². The van der Waals surface area contributed by atoms with Crippen LogP contribution in [0.3, 0.4) is 0 Å². The number of aromatic nitrogens is 2. The number of pyridine rings is 1. The van der Waals surface area contributed by atoms with Gasteiger partial charge in [0.1, 0.15) is 5.65 Å². The van der Waals surface area contributed by atoms with Gasteiger partial charge in [0.05, 0.1) is 11.6 Å². The topological polar surface area (TPSA) is 29.8 Å². The molecule has 1 fully saturated rings. The van der Waals surface area contributed by atoms with Gasteiger partial charge in [0, 0.05) is 33.0 Å². The van der Waals surface area contributed by atoms with Crippen LogP contribution in [-0.2, 0) is 10.6 Å². The van der Waals surface area contributed by atoms with Gasteiger partial charge in [-0.05, 0) is 30.9 Å². The summed E-state index contributed by atoms with van der Waals surface area (Å²) in [6.07, 6.45) is 4.29. The summed E-state index contributed by atoms with van der Waals surface area (Å²) in [6.45, 7) is 2.77. The van der Waals surface area contributed by atoms with Crippen molar-refractivity contribution >= 4 is 23.1 Å². The molecule has 1 saturated heterocycles. The average molecular weight is 294 g/mol. The molecule has 0 spiro atoms. The van der Waals surface area contributed by atoms with Crippen molar-refractivity contribution in [2.75, 3.05) is 31.7 Å². The second-order valence-electron chi connectivity index (χ2n) is 5.38. The van der Waals surface area contributed by atoms with Gasteiger partial charge in [-0.15, -0.1) is 11.6 Å². The standard InChI is InChI=1S/C15H20ClN3O/c1-18(11-12-5-8-20-9-6-12)15-13(10-16)19-7-3-2-4-14(19)17-15/h2-4,7,12H,5-6,8-11H2,1H3. The predicted octanol–water partition coefficient (Wildman–Crippen LogP) is 2.94. The lowest BCUT2D eigenvalue weighted by Gasteiger charge is -2.27. The molecule has 4 nitrogen and oxygen atoms in total. The van der Waals surface area contributed by atoms with Gasteiger partial charge >= 0.3 is 0 Å². The smallest absolute Gasteiger partial charge is 0.152 e. The lowest BCUT2D eigenvalue weighted by Crippen LogP contribution is -2.30. The second kappa shape index (κ2) is 6.02. The van der Waals surface area contributed by atoms with E-state index in [0.29, 0.717) is 11.8 Å². The van der Waals surface area contributed by atoms with Gasteiger partial charge in [0.15, 0.2) is 5.82 Å². The SMILES string of the molecule is CN(CC1CCOCC1)c1nc2ccccn2c1CCl. The quantitative estimate of drug-likeness (QED) is 0.812. The zero-order valence-corrected chi connectivity index (χ0v) is 12.5. The summed E-state index contributed by atoms with van der Waals surface area (Å²) in [6, 6.07) is 6.03. The third-order valence-electron chi connectivity index (χ3n) is 3.97. The van der Waals surface area contributed by atoms with Crippen LogP contribution in [0.5, 0.6) is 0 Å². The number of ether oxygens (including phenoxy) is 1. The van der Waals surface area contributed by atoms with Crippen LogP contribution in [0.2, 0.25) is 0 Å². The van der Waals surface area contributed by atoms with Gasteiger partial charge in [-0.1, -0.05) is 6.07 Å². The van der Waals surface area contributed by atoms with E-state index in [1.54, 1.807) is 0 Å². The van der Waals surface area contributed by atoms with E-state index in [-0.39, 0.29) is 0 Å². The molecule has 5 heteroatoms. The summed E-state index contributed by atoms with van der Waals surface area (Å²) in [5.41, 5.74) is 2.02. The van der Waals surface area contributed by atoms with Crippen molar-refractivity contribution in [3.63, 3.8) is 0 Å². The molecule has 1 aliphatic rings. The van der Waals surface area contributed by atoms with Crippen molar-refractivity contribution in [2.45, 2.75) is 18.7 Å². The van der Waals surface area contributed by atoms with Gasteiger partial charge in [-0.2, -0.15) is 0 Å². The van der Waals surface area contributed by atoms with Crippen molar-refractivity contribution < 1.29 is 4.74 Å². The first-order valence-electron chi connectivity index (χ1n) is 7.10. The van der Waals surface area contributed by atoms with Crippen LogP contribution < -0.4 is 4.90 Å². The molecule has 3 heterocycles. The van der Waals surface area contributed by atoms with Crippen molar-refractivity contribution in [1.82, 2.24) is 9.38 Å². The van der Waals surface area contributed by atoms with Crippen LogP contribution in [0.15, 0.2) is 24.4 Å². The van der Waals surface area contributed by atoms with E-state index in [9.17, 15) is 0 Å². The first-order chi connectivity index (χ1) is 9.79. The molecule has 108 valence electrons. The van der Waals surface area contributed by atoms with Gasteiger partial charge in [0.2, 0.25) is 0 Å². The normalized spacial score (nSPS) is 16.7. The Hall–Kier alpha value is -1.26. The number of hydrogen-bond acceptors (Lipinski definition) is 3. The summed E-state index contributed by atoms with van der Waals surface area (Å²) in [5.74, 6) is 2.15. The molecular formula is C15H20ClN3O. The first kappa shape index (κ1) is 13.7. The van der Waals surface area contributed by atoms with Crippen LogP contribution in [0.1, 0.15) is 18.5 Å². The van der Waals surface area contributed by atoms with Crippen molar-refractivity contribution in [2.24, 2.45) is 5.92 Å². The third kappa shape index (κ3) is 2.63. The second-order valence-corrected chi connectivity index (χ2v) is 5.65. The van der Waals surface area contributed by atoms with E-state index in [4.69, 9.17) is 21.3 Å². The molecule has 0 N–H and O–H groups in total. The van der Waals surface area contributed by atoms with Gasteiger partial charge in [-0.3, -0.25) is 0 Å². The largest absolute Gasteiger partial charge is 0.381 e. The molecule has 0 atom stereocenters. The van der Waals surface area contributed by atoms with Crippen molar-refractivity contribution in [3.05, 3.63) is 30.1 Å². The minimum Gasteiger partial charge on any atom is -0.381 e. The van der Waals surface area contributed by atoms with Crippen LogP contribution >= 0.6 is 11.6 Å². The van der Waals surface area contributed by atoms with Crippen molar-refractivity contribution in [1.29, 1.82) is 0 Å². The van der Waals surface area contributed by atoms with E-state index in [0.717, 1.165) is 49.8 Å². The van der Waals surface area contributed by atoms with Crippen LogP contribution in [0.4, 0.5) is 5.82 Å². The molecular weight excluding hydrogens is 274 g/mol. The molecule has 2 aromatic heterocycles. The number of alkyl halides is 1. The minimum absolute atomic E-state index is 0.471. The maximum atomic E-state index is 6.13. The number of fused-ring (bicyclic) bond motifs is 1. The molecule has 0 unspecified atom stereocenters. The molecule has 0 amide bonds. The fourth-order valence-corrected chi connectivity index (χ4v) is 3.12. The molecule has 2 aromatic rings. The fourth-order valence-electron chi connectivity index (χ4n) is 2.87. The molecule has 0 bridgehead atoms. The molecule has 3 rings (SSSR count). The number of rotatable bonds is 4. The van der Waals surface area contributed by atoms with E-state index in [2.05, 4.69) is 16.3 Å². The molecule has 0 radical (unpaired) electrons. The Bertz CT molecular complexity index is 578. The highest BCUT2D eigenvalue weighted by atomic mass is 35.5. The Labute approximate surface area is 124 Å². The Balaban J connectivity index is 1.84. The van der Waals surface area contributed by atoms with E-state index in [1.807, 2.05) is 24.4 Å². The monoisotopic (exact) mass is 293 g/mol. The number of halogens is 1. The van der Waals surface area contributed by atoms with Crippen LogP contribution in [0.25, 0.3) is 5.65 Å². The molecule has 20 heavy (non-hydrogen) atoms. The summed E-state index contributed by atoms with van der Waals surface area (Å²) in [4.78, 5) is 6.96. The molecule has 0 saturated carbocycles. The van der Waals surface area contributed by atoms with Crippen LogP contribution in [-0.4, -0.2) is 36.2 Å². The number of anilines is 1. The van der Waals surface area contributed by atoms with E-state index >= 15 is 0 Å². The van der Waals surface area contributed by atoms with Gasteiger partial charge in [-0.25, -0.2) is 4.98 Å². The summed E-state index contributed by atoms with van der Waals surface area (Å²) < 4.78 is 7.49. The Morgan fingerprint density at radius 3 is 2.95 bits per heavy atom. The summed E-state index contributed by atoms with van der Waals surface area (Å²) in [7, 11) is 2.10. The first-order valence-corrected chi connectivity index (χ1v) is 7.64. The summed E-state index contributed by atoms with van der Waals surface area (Å²) in [5, 5.41) is 0. The minimum atomic E-state index is 0.471. The molecule has 0 aliphatic carbocycles. The highest BCUT2D eigenvalue weighted by Crippen LogP contribution is 2.25. The third-order valence-corrected chi connectivity index (χ3v) is 4.22. The number of hydrogen-bond donors (Lipinski definition) is 0. The lowest BCUT2D eigenvalue weighted by molar-refractivity contribution is 0.0685. The van der Waals surface area contributed by atoms with Gasteiger partial charge < -0.3 is 14.0 Å². The highest BCUT2D eigenvalue weighted by molar-refractivity contribution is 6.17. The highest BCUT2D eigenvalue weighted by Gasteiger charge is 2.20. The fraction of sp³-hybridized carbons (Fsp3) is 0.533. The average Bonchev–Trinajstić information content (AvgIpc) is 2.87. The Morgan fingerprint density at radius 1 is 1.40 bits per heavy atom. The maximum absolute atomic E-state index is 6.13. The maximum Gasteiger partial charge on any atom is 0.152 e. The summed E-state index contributed by atoms with van der Waals surface area (Å²) >= 11 is 6.13. The van der Waals surface area contributed by atoms with Crippen molar-refractivity contribution in [3.8, 4) is 0 Å². The zero-order chi connectivity index (χ0) is 13.9. The zero-order valence-electron chi connectivity index (χ0n) is 11.8. The van der Waals surface area contributed by atoms with Gasteiger partial charge in [0.25, 0.3) is 0 Å².